The third-order valence-electron chi connectivity index (χ3n) is 5.19. The Labute approximate surface area is 197 Å². The number of nitro groups is 1. The van der Waals surface area contributed by atoms with Crippen LogP contribution in [0.1, 0.15) is 16.1 Å². The molecule has 0 saturated carbocycles. The maximum absolute atomic E-state index is 12.8. The molecule has 168 valence electrons. The molecule has 2 heterocycles. The van der Waals surface area contributed by atoms with Crippen LogP contribution in [0.5, 0.6) is 0 Å². The van der Waals surface area contributed by atoms with Gasteiger partial charge in [0.2, 0.25) is 5.89 Å². The first-order valence-electron chi connectivity index (χ1n) is 10.2. The zero-order valence-corrected chi connectivity index (χ0v) is 18.5. The van der Waals surface area contributed by atoms with E-state index in [-0.39, 0.29) is 22.8 Å². The normalized spacial score (nSPS) is 11.0. The van der Waals surface area contributed by atoms with E-state index in [1.165, 1.54) is 18.2 Å². The number of oxazole rings is 1. The van der Waals surface area contributed by atoms with Gasteiger partial charge in [-0.25, -0.2) is 4.98 Å². The van der Waals surface area contributed by atoms with Crippen LogP contribution in [0.2, 0.25) is 5.02 Å². The van der Waals surface area contributed by atoms with Gasteiger partial charge in [0.25, 0.3) is 11.6 Å². The first kappa shape index (κ1) is 21.4. The number of hydrogen-bond acceptors (Lipinski definition) is 6. The molecular weight excluding hydrogens is 458 g/mol. The standard InChI is InChI=1S/C25H16ClN3O5/c1-14-6-9-22-19(12-14)28-25(34-22)17-13-15(7-8-18(17)26)27-24(30)23-11-10-21(33-23)16-4-2-3-5-20(16)29(31)32/h2-13H,1H3,(H,27,30). The van der Waals surface area contributed by atoms with Crippen molar-refractivity contribution in [2.75, 3.05) is 5.32 Å². The summed E-state index contributed by atoms with van der Waals surface area (Å²) in [5.74, 6) is 0.0303. The lowest BCUT2D eigenvalue weighted by Gasteiger charge is -2.06. The number of furan rings is 1. The van der Waals surface area contributed by atoms with Crippen LogP contribution in [0, 0.1) is 17.0 Å². The Morgan fingerprint density at radius 1 is 1.00 bits per heavy atom. The number of para-hydroxylation sites is 1. The largest absolute Gasteiger partial charge is 0.451 e. The number of nitrogens with one attached hydrogen (secondary N) is 1. The molecule has 34 heavy (non-hydrogen) atoms. The molecule has 0 aliphatic carbocycles. The molecule has 0 unspecified atom stereocenters. The number of nitrogens with zero attached hydrogens (tertiary/aromatic N) is 2. The minimum atomic E-state index is -0.522. The fraction of sp³-hybridized carbons (Fsp3) is 0.0400. The predicted octanol–water partition coefficient (Wildman–Crippen LogP) is 6.88. The van der Waals surface area contributed by atoms with Gasteiger partial charge in [-0.3, -0.25) is 14.9 Å². The summed E-state index contributed by atoms with van der Waals surface area (Å²) in [6.45, 7) is 1.97. The number of nitro benzene ring substituents is 1. The minimum Gasteiger partial charge on any atom is -0.451 e. The maximum atomic E-state index is 12.8. The molecule has 0 fully saturated rings. The Hall–Kier alpha value is -4.43. The summed E-state index contributed by atoms with van der Waals surface area (Å²) in [5.41, 5.74) is 3.53. The number of carbonyl (C=O) groups excluding carboxylic acids is 1. The second-order valence-corrected chi connectivity index (χ2v) is 7.98. The Kier molecular flexibility index (Phi) is 5.35. The van der Waals surface area contributed by atoms with Crippen LogP contribution in [0.4, 0.5) is 11.4 Å². The predicted molar refractivity (Wildman–Crippen MR) is 128 cm³/mol. The highest BCUT2D eigenvalue weighted by Gasteiger charge is 2.20. The van der Waals surface area contributed by atoms with Crippen molar-refractivity contribution < 1.29 is 18.6 Å². The summed E-state index contributed by atoms with van der Waals surface area (Å²) < 4.78 is 11.4. The van der Waals surface area contributed by atoms with Gasteiger partial charge in [-0.1, -0.05) is 29.8 Å². The van der Waals surface area contributed by atoms with Crippen molar-refractivity contribution in [1.82, 2.24) is 4.98 Å². The van der Waals surface area contributed by atoms with E-state index in [1.807, 2.05) is 25.1 Å². The van der Waals surface area contributed by atoms with Crippen LogP contribution in [-0.2, 0) is 0 Å². The summed E-state index contributed by atoms with van der Waals surface area (Å²) in [6, 6.07) is 19.7. The molecule has 0 aliphatic rings. The van der Waals surface area contributed by atoms with Crippen LogP contribution < -0.4 is 5.32 Å². The second kappa shape index (κ2) is 8.49. The molecule has 5 aromatic rings. The van der Waals surface area contributed by atoms with E-state index in [9.17, 15) is 14.9 Å². The summed E-state index contributed by atoms with van der Waals surface area (Å²) in [7, 11) is 0. The molecular formula is C25H16ClN3O5. The van der Waals surface area contributed by atoms with Gasteiger partial charge in [0.05, 0.1) is 21.1 Å². The Morgan fingerprint density at radius 3 is 2.65 bits per heavy atom. The van der Waals surface area contributed by atoms with Crippen LogP contribution >= 0.6 is 11.6 Å². The average Bonchev–Trinajstić information content (AvgIpc) is 3.47. The van der Waals surface area contributed by atoms with Crippen molar-refractivity contribution in [3.63, 3.8) is 0 Å². The fourth-order valence-electron chi connectivity index (χ4n) is 3.56. The van der Waals surface area contributed by atoms with Gasteiger partial charge in [-0.2, -0.15) is 0 Å². The van der Waals surface area contributed by atoms with Gasteiger partial charge in [-0.05, 0) is 61.0 Å². The number of amides is 1. The number of aromatic nitrogens is 1. The molecule has 2 aromatic heterocycles. The van der Waals surface area contributed by atoms with Crippen molar-refractivity contribution in [1.29, 1.82) is 0 Å². The molecule has 0 saturated heterocycles. The van der Waals surface area contributed by atoms with Crippen molar-refractivity contribution in [2.45, 2.75) is 6.92 Å². The zero-order valence-electron chi connectivity index (χ0n) is 17.7. The van der Waals surface area contributed by atoms with Crippen molar-refractivity contribution >= 4 is 40.0 Å². The van der Waals surface area contributed by atoms with Gasteiger partial charge < -0.3 is 14.2 Å². The van der Waals surface area contributed by atoms with Crippen molar-refractivity contribution in [3.8, 4) is 22.8 Å². The molecule has 0 bridgehead atoms. The van der Waals surface area contributed by atoms with Gasteiger partial charge in [-0.15, -0.1) is 0 Å². The summed E-state index contributed by atoms with van der Waals surface area (Å²) in [6.07, 6.45) is 0. The first-order chi connectivity index (χ1) is 16.4. The third-order valence-corrected chi connectivity index (χ3v) is 5.52. The van der Waals surface area contributed by atoms with Crippen molar-refractivity contribution in [2.24, 2.45) is 0 Å². The van der Waals surface area contributed by atoms with Gasteiger partial charge in [0, 0.05) is 11.8 Å². The molecule has 9 heteroatoms. The lowest BCUT2D eigenvalue weighted by atomic mass is 10.1. The number of rotatable bonds is 5. The second-order valence-electron chi connectivity index (χ2n) is 7.58. The summed E-state index contributed by atoms with van der Waals surface area (Å²) >= 11 is 6.37. The Morgan fingerprint density at radius 2 is 1.82 bits per heavy atom. The number of anilines is 1. The van der Waals surface area contributed by atoms with E-state index in [2.05, 4.69) is 10.3 Å². The summed E-state index contributed by atoms with van der Waals surface area (Å²) in [5, 5.41) is 14.4. The van der Waals surface area contributed by atoms with Gasteiger partial charge >= 0.3 is 0 Å². The Balaban J connectivity index is 1.41. The number of hydrogen-bond donors (Lipinski definition) is 1. The number of benzene rings is 3. The third kappa shape index (κ3) is 4.02. The van der Waals surface area contributed by atoms with E-state index in [0.29, 0.717) is 33.3 Å². The number of carbonyl (C=O) groups is 1. The van der Waals surface area contributed by atoms with Gasteiger partial charge in [0.15, 0.2) is 11.3 Å². The monoisotopic (exact) mass is 473 g/mol. The highest BCUT2D eigenvalue weighted by molar-refractivity contribution is 6.33. The SMILES string of the molecule is Cc1ccc2oc(-c3cc(NC(=O)c4ccc(-c5ccccc5[N+](=O)[O-])o4)ccc3Cl)nc2c1. The maximum Gasteiger partial charge on any atom is 0.291 e. The fourth-order valence-corrected chi connectivity index (χ4v) is 3.76. The number of halogens is 1. The first-order valence-corrected chi connectivity index (χ1v) is 10.6. The molecule has 5 rings (SSSR count). The summed E-state index contributed by atoms with van der Waals surface area (Å²) in [4.78, 5) is 28.1. The van der Waals surface area contributed by atoms with Crippen molar-refractivity contribution in [3.05, 3.63) is 99.3 Å². The Bertz CT molecular complexity index is 1570. The molecule has 1 N–H and O–H groups in total. The molecule has 0 radical (unpaired) electrons. The highest BCUT2D eigenvalue weighted by Crippen LogP contribution is 2.34. The van der Waals surface area contributed by atoms with E-state index in [4.69, 9.17) is 20.4 Å². The smallest absolute Gasteiger partial charge is 0.291 e. The lowest BCUT2D eigenvalue weighted by Crippen LogP contribution is -2.10. The molecule has 1 amide bonds. The molecule has 3 aromatic carbocycles. The zero-order chi connectivity index (χ0) is 23.8. The van der Waals surface area contributed by atoms with Crippen LogP contribution in [-0.4, -0.2) is 15.8 Å². The molecule has 0 atom stereocenters. The number of aryl methyl sites for hydroxylation is 1. The van der Waals surface area contributed by atoms with Gasteiger partial charge in [0.1, 0.15) is 11.3 Å². The topological polar surface area (TPSA) is 111 Å². The van der Waals surface area contributed by atoms with Crippen LogP contribution in [0.25, 0.3) is 33.9 Å². The van der Waals surface area contributed by atoms with E-state index < -0.39 is 10.8 Å². The average molecular weight is 474 g/mol. The van der Waals surface area contributed by atoms with E-state index >= 15 is 0 Å². The van der Waals surface area contributed by atoms with E-state index in [1.54, 1.807) is 36.4 Å². The lowest BCUT2D eigenvalue weighted by molar-refractivity contribution is -0.384. The molecule has 0 aliphatic heterocycles. The minimum absolute atomic E-state index is 0.00184. The number of fused-ring (bicyclic) bond motifs is 1. The molecule has 8 nitrogen and oxygen atoms in total. The van der Waals surface area contributed by atoms with Crippen LogP contribution in [0.15, 0.2) is 81.6 Å². The van der Waals surface area contributed by atoms with Crippen LogP contribution in [0.3, 0.4) is 0 Å². The highest BCUT2D eigenvalue weighted by atomic mass is 35.5. The van der Waals surface area contributed by atoms with E-state index in [0.717, 1.165) is 5.56 Å². The molecule has 0 spiro atoms. The quantitative estimate of drug-likeness (QED) is 0.220.